The third-order valence-corrected chi connectivity index (χ3v) is 3.40. The molecule has 1 heterocycles. The molecule has 0 saturated heterocycles. The highest BCUT2D eigenvalue weighted by atomic mass is 15.2. The van der Waals surface area contributed by atoms with E-state index >= 15 is 0 Å². The SMILES string of the molecule is CCC(C)(C)N(C)c1ccc([C@H](C)N)nc1. The van der Waals surface area contributed by atoms with Gasteiger partial charge >= 0.3 is 0 Å². The molecule has 1 aromatic heterocycles. The Balaban J connectivity index is 2.90. The number of rotatable bonds is 4. The fourth-order valence-electron chi connectivity index (χ4n) is 1.45. The van der Waals surface area contributed by atoms with Crippen LogP contribution in [0.4, 0.5) is 5.69 Å². The van der Waals surface area contributed by atoms with Gasteiger partial charge in [0.2, 0.25) is 0 Å². The summed E-state index contributed by atoms with van der Waals surface area (Å²) in [5.41, 5.74) is 8.00. The molecule has 1 aromatic rings. The molecule has 0 radical (unpaired) electrons. The largest absolute Gasteiger partial charge is 0.368 e. The standard InChI is InChI=1S/C13H23N3/c1-6-13(3,4)16(5)11-7-8-12(10(2)14)15-9-11/h7-10H,6,14H2,1-5H3/t10-/m0/s1. The van der Waals surface area contributed by atoms with Crippen molar-refractivity contribution >= 4 is 5.69 Å². The summed E-state index contributed by atoms with van der Waals surface area (Å²) in [5, 5.41) is 0. The van der Waals surface area contributed by atoms with Crippen LogP contribution >= 0.6 is 0 Å². The molecule has 0 bridgehead atoms. The van der Waals surface area contributed by atoms with E-state index in [2.05, 4.69) is 43.8 Å². The Morgan fingerprint density at radius 3 is 2.44 bits per heavy atom. The van der Waals surface area contributed by atoms with Gasteiger partial charge in [-0.2, -0.15) is 0 Å². The number of hydrogen-bond donors (Lipinski definition) is 1. The van der Waals surface area contributed by atoms with E-state index < -0.39 is 0 Å². The predicted octanol–water partition coefficient (Wildman–Crippen LogP) is 2.73. The minimum absolute atomic E-state index is 0.00135. The normalized spacial score (nSPS) is 13.6. The summed E-state index contributed by atoms with van der Waals surface area (Å²) in [4.78, 5) is 6.64. The molecule has 0 spiro atoms. The second-order valence-electron chi connectivity index (χ2n) is 4.95. The van der Waals surface area contributed by atoms with Gasteiger partial charge < -0.3 is 10.6 Å². The van der Waals surface area contributed by atoms with Gasteiger partial charge in [0, 0.05) is 18.6 Å². The molecular formula is C13H23N3. The third kappa shape index (κ3) is 2.73. The highest BCUT2D eigenvalue weighted by Gasteiger charge is 2.21. The minimum atomic E-state index is -0.00135. The monoisotopic (exact) mass is 221 g/mol. The first kappa shape index (κ1) is 13.0. The molecular weight excluding hydrogens is 198 g/mol. The number of pyridine rings is 1. The van der Waals surface area contributed by atoms with Crippen molar-refractivity contribution in [1.29, 1.82) is 0 Å². The Bertz CT molecular complexity index is 328. The topological polar surface area (TPSA) is 42.1 Å². The van der Waals surface area contributed by atoms with Crippen molar-refractivity contribution < 1.29 is 0 Å². The second kappa shape index (κ2) is 4.83. The van der Waals surface area contributed by atoms with Gasteiger partial charge in [0.05, 0.1) is 17.6 Å². The van der Waals surface area contributed by atoms with Crippen LogP contribution in [0, 0.1) is 0 Å². The van der Waals surface area contributed by atoms with Crippen molar-refractivity contribution in [3.05, 3.63) is 24.0 Å². The molecule has 90 valence electrons. The van der Waals surface area contributed by atoms with Crippen LogP contribution < -0.4 is 10.6 Å². The van der Waals surface area contributed by atoms with Crippen LogP contribution in [0.5, 0.6) is 0 Å². The fourth-order valence-corrected chi connectivity index (χ4v) is 1.45. The highest BCUT2D eigenvalue weighted by Crippen LogP contribution is 2.24. The Morgan fingerprint density at radius 1 is 1.44 bits per heavy atom. The van der Waals surface area contributed by atoms with Gasteiger partial charge in [0.15, 0.2) is 0 Å². The fraction of sp³-hybridized carbons (Fsp3) is 0.615. The molecule has 0 aliphatic rings. The lowest BCUT2D eigenvalue weighted by Gasteiger charge is -2.36. The van der Waals surface area contributed by atoms with Crippen molar-refractivity contribution in [2.45, 2.75) is 45.7 Å². The summed E-state index contributed by atoms with van der Waals surface area (Å²) in [6.07, 6.45) is 2.99. The van der Waals surface area contributed by atoms with Crippen LogP contribution in [-0.2, 0) is 0 Å². The zero-order chi connectivity index (χ0) is 12.3. The van der Waals surface area contributed by atoms with E-state index in [1.165, 1.54) is 0 Å². The molecule has 1 rings (SSSR count). The third-order valence-electron chi connectivity index (χ3n) is 3.40. The molecule has 16 heavy (non-hydrogen) atoms. The van der Waals surface area contributed by atoms with Crippen molar-refractivity contribution in [3.8, 4) is 0 Å². The maximum atomic E-state index is 5.78. The van der Waals surface area contributed by atoms with E-state index in [4.69, 9.17) is 5.73 Å². The second-order valence-corrected chi connectivity index (χ2v) is 4.95. The molecule has 0 saturated carbocycles. The maximum Gasteiger partial charge on any atom is 0.0569 e. The summed E-state index contributed by atoms with van der Waals surface area (Å²) in [6.45, 7) is 8.60. The summed E-state index contributed by atoms with van der Waals surface area (Å²) < 4.78 is 0. The average molecular weight is 221 g/mol. The first-order valence-corrected chi connectivity index (χ1v) is 5.84. The van der Waals surface area contributed by atoms with Crippen LogP contribution in [0.1, 0.15) is 45.9 Å². The van der Waals surface area contributed by atoms with E-state index in [0.29, 0.717) is 0 Å². The van der Waals surface area contributed by atoms with Crippen molar-refractivity contribution in [2.75, 3.05) is 11.9 Å². The number of anilines is 1. The van der Waals surface area contributed by atoms with Crippen LogP contribution in [-0.4, -0.2) is 17.6 Å². The van der Waals surface area contributed by atoms with Gasteiger partial charge in [-0.05, 0) is 39.3 Å². The van der Waals surface area contributed by atoms with Gasteiger partial charge in [-0.3, -0.25) is 4.98 Å². The Hall–Kier alpha value is -1.09. The molecule has 0 aliphatic carbocycles. The lowest BCUT2D eigenvalue weighted by Crippen LogP contribution is -2.40. The average Bonchev–Trinajstić information content (AvgIpc) is 2.28. The van der Waals surface area contributed by atoms with Crippen molar-refractivity contribution in [2.24, 2.45) is 5.73 Å². The van der Waals surface area contributed by atoms with Gasteiger partial charge in [0.1, 0.15) is 0 Å². The zero-order valence-corrected chi connectivity index (χ0v) is 11.0. The molecule has 3 nitrogen and oxygen atoms in total. The molecule has 0 unspecified atom stereocenters. The number of hydrogen-bond acceptors (Lipinski definition) is 3. The zero-order valence-electron chi connectivity index (χ0n) is 11.0. The first-order chi connectivity index (χ1) is 7.38. The lowest BCUT2D eigenvalue weighted by molar-refractivity contribution is 0.470. The number of nitrogens with zero attached hydrogens (tertiary/aromatic N) is 2. The molecule has 1 atom stereocenters. The van der Waals surface area contributed by atoms with Crippen LogP contribution in [0.2, 0.25) is 0 Å². The van der Waals surface area contributed by atoms with Gasteiger partial charge in [0.25, 0.3) is 0 Å². The van der Waals surface area contributed by atoms with Crippen LogP contribution in [0.25, 0.3) is 0 Å². The Labute approximate surface area is 98.7 Å². The van der Waals surface area contributed by atoms with E-state index in [9.17, 15) is 0 Å². The van der Waals surface area contributed by atoms with Gasteiger partial charge in [-0.25, -0.2) is 0 Å². The smallest absolute Gasteiger partial charge is 0.0569 e. The van der Waals surface area contributed by atoms with Crippen molar-refractivity contribution in [1.82, 2.24) is 4.98 Å². The molecule has 0 aromatic carbocycles. The first-order valence-electron chi connectivity index (χ1n) is 5.84. The van der Waals surface area contributed by atoms with E-state index in [-0.39, 0.29) is 11.6 Å². The van der Waals surface area contributed by atoms with Crippen LogP contribution in [0.3, 0.4) is 0 Å². The summed E-state index contributed by atoms with van der Waals surface area (Å²) in [6, 6.07) is 4.09. The van der Waals surface area contributed by atoms with E-state index in [1.807, 2.05) is 19.2 Å². The van der Waals surface area contributed by atoms with Crippen LogP contribution in [0.15, 0.2) is 18.3 Å². The van der Waals surface area contributed by atoms with E-state index in [1.54, 1.807) is 0 Å². The summed E-state index contributed by atoms with van der Waals surface area (Å²) in [7, 11) is 2.10. The minimum Gasteiger partial charge on any atom is -0.368 e. The Kier molecular flexibility index (Phi) is 3.92. The number of aromatic nitrogens is 1. The summed E-state index contributed by atoms with van der Waals surface area (Å²) >= 11 is 0. The molecule has 0 fully saturated rings. The molecule has 0 aliphatic heterocycles. The van der Waals surface area contributed by atoms with Crippen molar-refractivity contribution in [3.63, 3.8) is 0 Å². The van der Waals surface area contributed by atoms with E-state index in [0.717, 1.165) is 17.8 Å². The molecule has 3 heteroatoms. The van der Waals surface area contributed by atoms with Gasteiger partial charge in [-0.15, -0.1) is 0 Å². The maximum absolute atomic E-state index is 5.78. The molecule has 0 amide bonds. The van der Waals surface area contributed by atoms with Gasteiger partial charge in [-0.1, -0.05) is 6.92 Å². The quantitative estimate of drug-likeness (QED) is 0.850. The number of nitrogens with two attached hydrogens (primary N) is 1. The lowest BCUT2D eigenvalue weighted by atomic mass is 9.99. The predicted molar refractivity (Wildman–Crippen MR) is 69.6 cm³/mol. The highest BCUT2D eigenvalue weighted by molar-refractivity contribution is 5.46. The Morgan fingerprint density at radius 2 is 2.06 bits per heavy atom. The summed E-state index contributed by atoms with van der Waals surface area (Å²) in [5.74, 6) is 0. The molecule has 2 N–H and O–H groups in total.